The largest absolute Gasteiger partial charge is 0.357 e. The number of hydrogen-bond donors (Lipinski definition) is 0. The Hall–Kier alpha value is -1.06. The second-order valence-electron chi connectivity index (χ2n) is 6.53. The molecule has 1 aliphatic rings. The molecular weight excluding hydrogens is 310 g/mol. The van der Waals surface area contributed by atoms with Gasteiger partial charge in [0.2, 0.25) is 5.91 Å². The Morgan fingerprint density at radius 2 is 2.04 bits per heavy atom. The molecule has 1 aliphatic carbocycles. The smallest absolute Gasteiger partial charge is 0.225 e. The van der Waals surface area contributed by atoms with Crippen molar-refractivity contribution in [2.24, 2.45) is 5.92 Å². The summed E-state index contributed by atoms with van der Waals surface area (Å²) >= 11 is 6.28. The number of carbonyl (C=O) groups is 1. The van der Waals surface area contributed by atoms with Gasteiger partial charge in [-0.2, -0.15) is 0 Å². The fourth-order valence-corrected chi connectivity index (χ4v) is 3.61. The minimum absolute atomic E-state index is 0.0105. The zero-order valence-corrected chi connectivity index (χ0v) is 15.4. The summed E-state index contributed by atoms with van der Waals surface area (Å²) in [7, 11) is 0. The zero-order valence-electron chi connectivity index (χ0n) is 14.7. The first-order valence-electron chi connectivity index (χ1n) is 8.63. The molecular formula is C19H28ClNO2. The molecule has 1 amide bonds. The third-order valence-electron chi connectivity index (χ3n) is 5.01. The van der Waals surface area contributed by atoms with E-state index in [1.165, 1.54) is 25.7 Å². The van der Waals surface area contributed by atoms with Gasteiger partial charge in [-0.3, -0.25) is 9.69 Å². The quantitative estimate of drug-likeness (QED) is 0.674. The molecule has 1 aromatic rings. The first-order valence-corrected chi connectivity index (χ1v) is 9.01. The molecule has 0 N–H and O–H groups in total. The molecule has 0 spiro atoms. The molecule has 128 valence electrons. The highest BCUT2D eigenvalue weighted by Crippen LogP contribution is 2.33. The van der Waals surface area contributed by atoms with E-state index < -0.39 is 0 Å². The maximum Gasteiger partial charge on any atom is 0.225 e. The Balaban J connectivity index is 2.18. The van der Waals surface area contributed by atoms with Gasteiger partial charge >= 0.3 is 0 Å². The molecule has 1 atom stereocenters. The topological polar surface area (TPSA) is 29.5 Å². The van der Waals surface area contributed by atoms with E-state index in [2.05, 4.69) is 13.8 Å². The van der Waals surface area contributed by atoms with Crippen LogP contribution in [0.2, 0.25) is 5.02 Å². The first-order chi connectivity index (χ1) is 11.0. The summed E-state index contributed by atoms with van der Waals surface area (Å²) in [5, 5.41) is 0.687. The first kappa shape index (κ1) is 18.3. The summed E-state index contributed by atoms with van der Waals surface area (Å²) in [6.07, 6.45) is 6.10. The van der Waals surface area contributed by atoms with E-state index in [-0.39, 0.29) is 12.0 Å². The van der Waals surface area contributed by atoms with E-state index in [4.69, 9.17) is 16.3 Å². The zero-order chi connectivity index (χ0) is 17.0. The Kier molecular flexibility index (Phi) is 6.49. The average Bonchev–Trinajstić information content (AvgIpc) is 3.05. The van der Waals surface area contributed by atoms with Crippen molar-refractivity contribution in [2.75, 3.05) is 11.6 Å². The highest BCUT2D eigenvalue weighted by atomic mass is 35.5. The highest BCUT2D eigenvalue weighted by molar-refractivity contribution is 6.31. The average molecular weight is 338 g/mol. The molecule has 0 bridgehead atoms. The molecule has 23 heavy (non-hydrogen) atoms. The molecule has 0 saturated heterocycles. The summed E-state index contributed by atoms with van der Waals surface area (Å²) in [5.74, 6) is 0.610. The monoisotopic (exact) mass is 337 g/mol. The van der Waals surface area contributed by atoms with Crippen LogP contribution in [0.1, 0.15) is 57.6 Å². The number of amides is 1. The second-order valence-corrected chi connectivity index (χ2v) is 6.93. The standard InChI is InChI=1S/C19H28ClNO2/c1-5-16-10-11-18(20)13(2)19(16)21(15(4)22)12-23-14(3)17-8-6-7-9-17/h10-11,14,17H,5-9,12H2,1-4H3. The van der Waals surface area contributed by atoms with E-state index in [0.717, 1.165) is 23.2 Å². The van der Waals surface area contributed by atoms with Gasteiger partial charge in [-0.05, 0) is 56.2 Å². The molecule has 1 unspecified atom stereocenters. The molecule has 1 fully saturated rings. The summed E-state index contributed by atoms with van der Waals surface area (Å²) in [5.41, 5.74) is 2.98. The van der Waals surface area contributed by atoms with Crippen molar-refractivity contribution in [1.82, 2.24) is 0 Å². The molecule has 3 nitrogen and oxygen atoms in total. The lowest BCUT2D eigenvalue weighted by Gasteiger charge is -2.29. The van der Waals surface area contributed by atoms with E-state index in [0.29, 0.717) is 17.7 Å². The van der Waals surface area contributed by atoms with Gasteiger partial charge in [0.15, 0.2) is 0 Å². The molecule has 0 radical (unpaired) electrons. The number of carbonyl (C=O) groups excluding carboxylic acids is 1. The van der Waals surface area contributed by atoms with Crippen molar-refractivity contribution in [3.8, 4) is 0 Å². The number of nitrogens with zero attached hydrogens (tertiary/aromatic N) is 1. The van der Waals surface area contributed by atoms with Crippen LogP contribution in [0.5, 0.6) is 0 Å². The van der Waals surface area contributed by atoms with E-state index >= 15 is 0 Å². The molecule has 4 heteroatoms. The fraction of sp³-hybridized carbons (Fsp3) is 0.632. The molecule has 2 rings (SSSR count). The van der Waals surface area contributed by atoms with Crippen molar-refractivity contribution in [1.29, 1.82) is 0 Å². The predicted octanol–water partition coefficient (Wildman–Crippen LogP) is 5.12. The number of rotatable bonds is 6. The fourth-order valence-electron chi connectivity index (χ4n) is 3.46. The minimum Gasteiger partial charge on any atom is -0.357 e. The number of halogens is 1. The van der Waals surface area contributed by atoms with Crippen LogP contribution in [0.15, 0.2) is 12.1 Å². The van der Waals surface area contributed by atoms with E-state index in [9.17, 15) is 4.79 Å². The number of benzene rings is 1. The van der Waals surface area contributed by atoms with E-state index in [1.54, 1.807) is 11.8 Å². The van der Waals surface area contributed by atoms with Crippen molar-refractivity contribution < 1.29 is 9.53 Å². The van der Waals surface area contributed by atoms with Crippen LogP contribution in [0.4, 0.5) is 5.69 Å². The van der Waals surface area contributed by atoms with Crippen LogP contribution in [-0.4, -0.2) is 18.7 Å². The maximum absolute atomic E-state index is 12.2. The normalized spacial score (nSPS) is 16.6. The number of hydrogen-bond acceptors (Lipinski definition) is 2. The van der Waals surface area contributed by atoms with Gasteiger partial charge in [0.25, 0.3) is 0 Å². The van der Waals surface area contributed by atoms with Crippen LogP contribution >= 0.6 is 11.6 Å². The van der Waals surface area contributed by atoms with Crippen LogP contribution in [-0.2, 0) is 16.0 Å². The van der Waals surface area contributed by atoms with Crippen molar-refractivity contribution in [3.05, 3.63) is 28.3 Å². The summed E-state index contributed by atoms with van der Waals surface area (Å²) in [4.78, 5) is 13.9. The van der Waals surface area contributed by atoms with Gasteiger partial charge in [0, 0.05) is 11.9 Å². The van der Waals surface area contributed by atoms with Crippen LogP contribution in [0.25, 0.3) is 0 Å². The minimum atomic E-state index is -0.0105. The predicted molar refractivity (Wildman–Crippen MR) is 96.1 cm³/mol. The third-order valence-corrected chi connectivity index (χ3v) is 5.42. The van der Waals surface area contributed by atoms with Crippen LogP contribution in [0, 0.1) is 12.8 Å². The third kappa shape index (κ3) is 4.27. The lowest BCUT2D eigenvalue weighted by atomic mass is 10.0. The molecule has 0 aliphatic heterocycles. The molecule has 0 aromatic heterocycles. The number of aryl methyl sites for hydroxylation is 1. The van der Waals surface area contributed by atoms with Gasteiger partial charge in [-0.15, -0.1) is 0 Å². The van der Waals surface area contributed by atoms with Gasteiger partial charge in [-0.1, -0.05) is 37.4 Å². The van der Waals surface area contributed by atoms with Crippen molar-refractivity contribution >= 4 is 23.2 Å². The molecule has 1 saturated carbocycles. The maximum atomic E-state index is 12.2. The SMILES string of the molecule is CCc1ccc(Cl)c(C)c1N(COC(C)C1CCCC1)C(C)=O. The van der Waals surface area contributed by atoms with Gasteiger partial charge in [0.05, 0.1) is 11.8 Å². The van der Waals surface area contributed by atoms with Gasteiger partial charge in [0.1, 0.15) is 6.73 Å². The number of ether oxygens (including phenoxy) is 1. The van der Waals surface area contributed by atoms with Gasteiger partial charge in [-0.25, -0.2) is 0 Å². The van der Waals surface area contributed by atoms with Crippen LogP contribution in [0.3, 0.4) is 0 Å². The molecule has 1 aromatic carbocycles. The van der Waals surface area contributed by atoms with Crippen molar-refractivity contribution in [2.45, 2.75) is 65.9 Å². The Morgan fingerprint density at radius 1 is 1.39 bits per heavy atom. The Morgan fingerprint density at radius 3 is 2.61 bits per heavy atom. The van der Waals surface area contributed by atoms with Gasteiger partial charge < -0.3 is 4.74 Å². The summed E-state index contributed by atoms with van der Waals surface area (Å²) in [6.45, 7) is 8.06. The lowest BCUT2D eigenvalue weighted by Crippen LogP contribution is -2.35. The van der Waals surface area contributed by atoms with Crippen LogP contribution < -0.4 is 4.90 Å². The Bertz CT molecular complexity index is 553. The highest BCUT2D eigenvalue weighted by Gasteiger charge is 2.24. The Labute approximate surface area is 145 Å². The summed E-state index contributed by atoms with van der Waals surface area (Å²) in [6, 6.07) is 3.90. The number of anilines is 1. The van der Waals surface area contributed by atoms with E-state index in [1.807, 2.05) is 19.1 Å². The van der Waals surface area contributed by atoms with Crippen molar-refractivity contribution in [3.63, 3.8) is 0 Å². The molecule has 0 heterocycles. The second kappa shape index (κ2) is 8.16. The lowest BCUT2D eigenvalue weighted by molar-refractivity contribution is -0.118. The summed E-state index contributed by atoms with van der Waals surface area (Å²) < 4.78 is 6.06.